The Labute approximate surface area is 196 Å². The van der Waals surface area contributed by atoms with Gasteiger partial charge in [-0.15, -0.1) is 0 Å². The molecule has 7 nitrogen and oxygen atoms in total. The van der Waals surface area contributed by atoms with Gasteiger partial charge in [-0.3, -0.25) is 4.79 Å². The van der Waals surface area contributed by atoms with Crippen molar-refractivity contribution >= 4 is 17.7 Å². The van der Waals surface area contributed by atoms with Crippen molar-refractivity contribution < 1.29 is 9.53 Å². The van der Waals surface area contributed by atoms with Crippen LogP contribution in [0.3, 0.4) is 0 Å². The van der Waals surface area contributed by atoms with E-state index < -0.39 is 0 Å². The second kappa shape index (κ2) is 9.57. The van der Waals surface area contributed by atoms with Crippen LogP contribution in [0.1, 0.15) is 60.6 Å². The maximum atomic E-state index is 13.4. The SMILES string of the molecule is COc1ccccc1C(=O)N1CCc2nc(N3CCCCC3)nc(N3CCC(C)CC3)c2C1. The molecule has 0 unspecified atom stereocenters. The van der Waals surface area contributed by atoms with Crippen LogP contribution in [0.4, 0.5) is 11.8 Å². The van der Waals surface area contributed by atoms with Gasteiger partial charge in [0.15, 0.2) is 0 Å². The smallest absolute Gasteiger partial charge is 0.257 e. The minimum Gasteiger partial charge on any atom is -0.496 e. The number of ether oxygens (including phenoxy) is 1. The van der Waals surface area contributed by atoms with E-state index >= 15 is 0 Å². The van der Waals surface area contributed by atoms with Crippen molar-refractivity contribution in [2.24, 2.45) is 5.92 Å². The van der Waals surface area contributed by atoms with Crippen molar-refractivity contribution in [2.45, 2.75) is 52.0 Å². The van der Waals surface area contributed by atoms with Gasteiger partial charge in [0.2, 0.25) is 5.95 Å². The number of aromatic nitrogens is 2. The molecule has 0 bridgehead atoms. The molecule has 3 aliphatic heterocycles. The van der Waals surface area contributed by atoms with E-state index in [1.54, 1.807) is 7.11 Å². The van der Waals surface area contributed by atoms with E-state index in [1.165, 1.54) is 32.1 Å². The highest BCUT2D eigenvalue weighted by Gasteiger charge is 2.31. The predicted octanol–water partition coefficient (Wildman–Crippen LogP) is 3.91. The monoisotopic (exact) mass is 449 g/mol. The first-order valence-electron chi connectivity index (χ1n) is 12.5. The first kappa shape index (κ1) is 22.0. The van der Waals surface area contributed by atoms with Crippen LogP contribution in [-0.4, -0.2) is 60.6 Å². The number of carbonyl (C=O) groups excluding carboxylic acids is 1. The molecule has 0 radical (unpaired) electrons. The average Bonchev–Trinajstić information content (AvgIpc) is 2.88. The fourth-order valence-corrected chi connectivity index (χ4v) is 5.27. The summed E-state index contributed by atoms with van der Waals surface area (Å²) < 4.78 is 5.45. The number of benzene rings is 1. The number of piperidine rings is 2. The van der Waals surface area contributed by atoms with Crippen LogP contribution in [0.2, 0.25) is 0 Å². The molecule has 0 aliphatic carbocycles. The Bertz CT molecular complexity index is 996. The van der Waals surface area contributed by atoms with E-state index in [4.69, 9.17) is 14.7 Å². The summed E-state index contributed by atoms with van der Waals surface area (Å²) in [6.07, 6.45) is 6.83. The van der Waals surface area contributed by atoms with E-state index in [0.29, 0.717) is 24.4 Å². The summed E-state index contributed by atoms with van der Waals surface area (Å²) in [7, 11) is 1.61. The number of hydrogen-bond acceptors (Lipinski definition) is 6. The first-order chi connectivity index (χ1) is 16.1. The molecule has 2 aromatic rings. The third-order valence-electron chi connectivity index (χ3n) is 7.37. The summed E-state index contributed by atoms with van der Waals surface area (Å²) in [4.78, 5) is 30.3. The van der Waals surface area contributed by atoms with Crippen molar-refractivity contribution in [1.29, 1.82) is 0 Å². The molecule has 0 spiro atoms. The van der Waals surface area contributed by atoms with Gasteiger partial charge in [-0.1, -0.05) is 19.1 Å². The maximum absolute atomic E-state index is 13.4. The Morgan fingerprint density at radius 3 is 2.48 bits per heavy atom. The molecular formula is C26H35N5O2. The van der Waals surface area contributed by atoms with Gasteiger partial charge in [0.25, 0.3) is 5.91 Å². The Morgan fingerprint density at radius 1 is 0.970 bits per heavy atom. The Hall–Kier alpha value is -2.83. The summed E-state index contributed by atoms with van der Waals surface area (Å²) in [5.41, 5.74) is 2.85. The third kappa shape index (κ3) is 4.50. The molecule has 0 atom stereocenters. The van der Waals surface area contributed by atoms with Crippen LogP contribution in [0.5, 0.6) is 5.75 Å². The van der Waals surface area contributed by atoms with Crippen LogP contribution in [0, 0.1) is 5.92 Å². The van der Waals surface area contributed by atoms with Gasteiger partial charge < -0.3 is 19.4 Å². The molecule has 0 saturated carbocycles. The van der Waals surface area contributed by atoms with Gasteiger partial charge in [-0.2, -0.15) is 4.98 Å². The number of hydrogen-bond donors (Lipinski definition) is 0. The van der Waals surface area contributed by atoms with Crippen molar-refractivity contribution in [2.75, 3.05) is 49.6 Å². The number of amides is 1. The fourth-order valence-electron chi connectivity index (χ4n) is 5.27. The number of carbonyl (C=O) groups is 1. The lowest BCUT2D eigenvalue weighted by molar-refractivity contribution is 0.0730. The van der Waals surface area contributed by atoms with Crippen LogP contribution in [0.25, 0.3) is 0 Å². The van der Waals surface area contributed by atoms with Gasteiger partial charge in [-0.25, -0.2) is 4.98 Å². The summed E-state index contributed by atoms with van der Waals surface area (Å²) in [6.45, 7) is 7.65. The second-order valence-corrected chi connectivity index (χ2v) is 9.67. The Kier molecular flexibility index (Phi) is 6.38. The number of methoxy groups -OCH3 is 1. The third-order valence-corrected chi connectivity index (χ3v) is 7.37. The minimum absolute atomic E-state index is 0.0106. The highest BCUT2D eigenvalue weighted by molar-refractivity contribution is 5.97. The first-order valence-corrected chi connectivity index (χ1v) is 12.5. The lowest BCUT2D eigenvalue weighted by atomic mass is 9.98. The minimum atomic E-state index is 0.0106. The molecular weight excluding hydrogens is 414 g/mol. The molecule has 176 valence electrons. The number of nitrogens with zero attached hydrogens (tertiary/aromatic N) is 5. The highest BCUT2D eigenvalue weighted by atomic mass is 16.5. The van der Waals surface area contributed by atoms with Gasteiger partial charge in [-0.05, 0) is 50.2 Å². The van der Waals surface area contributed by atoms with Crippen LogP contribution >= 0.6 is 0 Å². The van der Waals surface area contributed by atoms with E-state index in [9.17, 15) is 4.79 Å². The molecule has 1 aromatic carbocycles. The normalized spacial score (nSPS) is 19.4. The molecule has 2 saturated heterocycles. The average molecular weight is 450 g/mol. The van der Waals surface area contributed by atoms with Gasteiger partial charge >= 0.3 is 0 Å². The van der Waals surface area contributed by atoms with E-state index in [0.717, 1.165) is 61.5 Å². The molecule has 3 aliphatic rings. The number of para-hydroxylation sites is 1. The molecule has 1 amide bonds. The zero-order valence-corrected chi connectivity index (χ0v) is 19.9. The molecule has 1 aromatic heterocycles. The lowest BCUT2D eigenvalue weighted by Gasteiger charge is -2.37. The van der Waals surface area contributed by atoms with E-state index in [2.05, 4.69) is 16.7 Å². The summed E-state index contributed by atoms with van der Waals surface area (Å²) in [5, 5.41) is 0. The molecule has 33 heavy (non-hydrogen) atoms. The van der Waals surface area contributed by atoms with Gasteiger partial charge in [0.1, 0.15) is 11.6 Å². The lowest BCUT2D eigenvalue weighted by Crippen LogP contribution is -2.41. The summed E-state index contributed by atoms with van der Waals surface area (Å²) in [5.74, 6) is 3.31. The fraction of sp³-hybridized carbons (Fsp3) is 0.577. The standard InChI is InChI=1S/C26H35N5O2/c1-19-10-15-29(16-11-19)24-21-18-31(25(32)20-8-4-5-9-23(20)33-2)17-12-22(21)27-26(28-24)30-13-6-3-7-14-30/h4-5,8-9,19H,3,6-7,10-18H2,1-2H3. The summed E-state index contributed by atoms with van der Waals surface area (Å²) >= 11 is 0. The molecule has 2 fully saturated rings. The summed E-state index contributed by atoms with van der Waals surface area (Å²) in [6, 6.07) is 7.48. The van der Waals surface area contributed by atoms with E-state index in [1.807, 2.05) is 29.2 Å². The van der Waals surface area contributed by atoms with Crippen molar-refractivity contribution in [3.63, 3.8) is 0 Å². The quantitative estimate of drug-likeness (QED) is 0.705. The molecule has 5 rings (SSSR count). The zero-order valence-electron chi connectivity index (χ0n) is 19.9. The molecule has 4 heterocycles. The number of anilines is 2. The molecule has 0 N–H and O–H groups in total. The highest BCUT2D eigenvalue weighted by Crippen LogP contribution is 2.33. The largest absolute Gasteiger partial charge is 0.496 e. The topological polar surface area (TPSA) is 61.8 Å². The van der Waals surface area contributed by atoms with Gasteiger partial charge in [0, 0.05) is 44.7 Å². The maximum Gasteiger partial charge on any atom is 0.257 e. The van der Waals surface area contributed by atoms with Crippen molar-refractivity contribution in [3.8, 4) is 5.75 Å². The van der Waals surface area contributed by atoms with E-state index in [-0.39, 0.29) is 5.91 Å². The molecule has 7 heteroatoms. The van der Waals surface area contributed by atoms with Crippen molar-refractivity contribution in [1.82, 2.24) is 14.9 Å². The van der Waals surface area contributed by atoms with Crippen LogP contribution < -0.4 is 14.5 Å². The zero-order chi connectivity index (χ0) is 22.8. The van der Waals surface area contributed by atoms with Crippen molar-refractivity contribution in [3.05, 3.63) is 41.1 Å². The Balaban J connectivity index is 1.47. The van der Waals surface area contributed by atoms with Gasteiger partial charge in [0.05, 0.1) is 24.9 Å². The second-order valence-electron chi connectivity index (χ2n) is 9.67. The van der Waals surface area contributed by atoms with Crippen LogP contribution in [0.15, 0.2) is 24.3 Å². The predicted molar refractivity (Wildman–Crippen MR) is 130 cm³/mol. The van der Waals surface area contributed by atoms with Crippen LogP contribution in [-0.2, 0) is 13.0 Å². The number of rotatable bonds is 4. The number of fused-ring (bicyclic) bond motifs is 1. The Morgan fingerprint density at radius 2 is 1.73 bits per heavy atom.